The zero-order valence-corrected chi connectivity index (χ0v) is 12.2. The van der Waals surface area contributed by atoms with Gasteiger partial charge in [0.05, 0.1) is 13.0 Å². The number of ether oxygens (including phenoxy) is 1. The van der Waals surface area contributed by atoms with Crippen molar-refractivity contribution in [3.63, 3.8) is 0 Å². The largest absolute Gasteiger partial charge is 0.466 e. The molecule has 0 fully saturated rings. The second-order valence-electron chi connectivity index (χ2n) is 3.57. The third kappa shape index (κ3) is 8.71. The Hall–Kier alpha value is -0.580. The fourth-order valence-corrected chi connectivity index (χ4v) is 1.67. The minimum atomic E-state index is -0.132. The van der Waals surface area contributed by atoms with E-state index in [4.69, 9.17) is 4.74 Å². The Bertz CT molecular complexity index is 290. The van der Waals surface area contributed by atoms with Gasteiger partial charge in [-0.3, -0.25) is 4.79 Å². The average Bonchev–Trinajstić information content (AvgIpc) is 2.18. The maximum absolute atomic E-state index is 11.2. The first-order valence-electron chi connectivity index (χ1n) is 5.37. The highest BCUT2D eigenvalue weighted by Gasteiger charge is 2.05. The smallest absolute Gasteiger partial charge is 0.306 e. The summed E-state index contributed by atoms with van der Waals surface area (Å²) in [7, 11) is 0. The molecule has 0 aromatic carbocycles. The predicted molar refractivity (Wildman–Crippen MR) is 76.5 cm³/mol. The minimum Gasteiger partial charge on any atom is -0.466 e. The first kappa shape index (κ1) is 15.4. The Morgan fingerprint density at radius 3 is 2.75 bits per heavy atom. The van der Waals surface area contributed by atoms with Gasteiger partial charge >= 0.3 is 5.97 Å². The van der Waals surface area contributed by atoms with E-state index in [1.54, 1.807) is 0 Å². The average molecular weight is 334 g/mol. The van der Waals surface area contributed by atoms with Crippen LogP contribution < -0.4 is 0 Å². The van der Waals surface area contributed by atoms with Crippen LogP contribution in [0.25, 0.3) is 0 Å². The van der Waals surface area contributed by atoms with E-state index in [1.807, 2.05) is 49.2 Å². The van der Waals surface area contributed by atoms with Crippen LogP contribution in [-0.4, -0.2) is 12.6 Å². The summed E-state index contributed by atoms with van der Waals surface area (Å²) in [5.74, 6) is 0.0826. The van der Waals surface area contributed by atoms with Crippen LogP contribution in [0.1, 0.15) is 27.2 Å². The number of carbonyl (C=O) groups excluding carboxylic acids is 1. The molecule has 0 heterocycles. The van der Waals surface area contributed by atoms with Crippen molar-refractivity contribution in [2.24, 2.45) is 5.92 Å². The molecule has 0 rings (SSSR count). The van der Waals surface area contributed by atoms with E-state index in [1.165, 1.54) is 5.57 Å². The van der Waals surface area contributed by atoms with Gasteiger partial charge in [0.2, 0.25) is 0 Å². The molecule has 1 unspecified atom stereocenters. The molecule has 0 spiro atoms. The molecule has 16 heavy (non-hydrogen) atoms. The molecule has 0 saturated heterocycles. The van der Waals surface area contributed by atoms with E-state index in [2.05, 4.69) is 22.6 Å². The topological polar surface area (TPSA) is 26.3 Å². The summed E-state index contributed by atoms with van der Waals surface area (Å²) < 4.78 is 6.85. The van der Waals surface area contributed by atoms with E-state index in [0.717, 1.165) is 0 Å². The van der Waals surface area contributed by atoms with Gasteiger partial charge in [-0.05, 0) is 23.8 Å². The fourth-order valence-electron chi connectivity index (χ4n) is 1.10. The van der Waals surface area contributed by atoms with Gasteiger partial charge in [0.15, 0.2) is 0 Å². The molecule has 0 aromatic heterocycles. The van der Waals surface area contributed by atoms with Gasteiger partial charge in [-0.25, -0.2) is 0 Å². The number of carbonyl (C=O) groups is 1. The first-order chi connectivity index (χ1) is 7.60. The quantitative estimate of drug-likeness (QED) is 0.416. The molecule has 0 saturated carbocycles. The van der Waals surface area contributed by atoms with Gasteiger partial charge in [0.1, 0.15) is 0 Å². The second kappa shape index (κ2) is 9.63. The molecule has 0 amide bonds. The number of esters is 1. The van der Waals surface area contributed by atoms with Crippen molar-refractivity contribution >= 4 is 28.6 Å². The van der Waals surface area contributed by atoms with E-state index < -0.39 is 0 Å². The van der Waals surface area contributed by atoms with Crippen molar-refractivity contribution in [1.82, 2.24) is 0 Å². The molecule has 3 heteroatoms. The van der Waals surface area contributed by atoms with Gasteiger partial charge in [-0.1, -0.05) is 59.4 Å². The summed E-state index contributed by atoms with van der Waals surface area (Å²) in [5, 5.41) is 0. The number of rotatable bonds is 6. The summed E-state index contributed by atoms with van der Waals surface area (Å²) in [4.78, 5) is 11.2. The SMILES string of the molecule is CCOC(=O)CC(C)/C=C/C=C(C)/C=C/I. The number of halogens is 1. The van der Waals surface area contributed by atoms with E-state index in [-0.39, 0.29) is 11.9 Å². The standard InChI is InChI=1S/C13H19IO2/c1-4-16-13(15)10-12(3)7-5-6-11(2)8-9-14/h5-9,12H,4,10H2,1-3H3/b7-5+,9-8+,11-6+. The Labute approximate surface area is 112 Å². The molecule has 2 nitrogen and oxygen atoms in total. The molecule has 1 atom stereocenters. The lowest BCUT2D eigenvalue weighted by atomic mass is 10.1. The van der Waals surface area contributed by atoms with Crippen molar-refractivity contribution in [1.29, 1.82) is 0 Å². The molecule has 90 valence electrons. The van der Waals surface area contributed by atoms with Crippen molar-refractivity contribution < 1.29 is 9.53 Å². The highest BCUT2D eigenvalue weighted by atomic mass is 127. The summed E-state index contributed by atoms with van der Waals surface area (Å²) in [5.41, 5.74) is 1.19. The normalized spacial score (nSPS) is 14.6. The number of hydrogen-bond donors (Lipinski definition) is 0. The van der Waals surface area contributed by atoms with Crippen LogP contribution in [0.3, 0.4) is 0 Å². The Morgan fingerprint density at radius 2 is 2.19 bits per heavy atom. The molecule has 0 N–H and O–H groups in total. The van der Waals surface area contributed by atoms with Crippen LogP contribution in [0, 0.1) is 5.92 Å². The molecule has 0 radical (unpaired) electrons. The van der Waals surface area contributed by atoms with E-state index in [9.17, 15) is 4.79 Å². The van der Waals surface area contributed by atoms with Crippen LogP contribution >= 0.6 is 22.6 Å². The predicted octanol–water partition coefficient (Wildman–Crippen LogP) is 4.03. The maximum Gasteiger partial charge on any atom is 0.306 e. The highest BCUT2D eigenvalue weighted by molar-refractivity contribution is 14.1. The molecule has 0 aliphatic carbocycles. The summed E-state index contributed by atoms with van der Waals surface area (Å²) in [6.45, 7) is 6.32. The first-order valence-corrected chi connectivity index (χ1v) is 6.62. The molecule has 0 aliphatic rings. The third-order valence-corrected chi connectivity index (χ3v) is 2.28. The number of hydrogen-bond acceptors (Lipinski definition) is 2. The monoisotopic (exact) mass is 334 g/mol. The van der Waals surface area contributed by atoms with Crippen LogP contribution in [0.15, 0.2) is 34.0 Å². The van der Waals surface area contributed by atoms with Crippen molar-refractivity contribution in [3.05, 3.63) is 34.0 Å². The zero-order chi connectivity index (χ0) is 12.4. The van der Waals surface area contributed by atoms with Crippen LogP contribution in [0.4, 0.5) is 0 Å². The minimum absolute atomic E-state index is 0.132. The summed E-state index contributed by atoms with van der Waals surface area (Å²) >= 11 is 2.19. The Morgan fingerprint density at radius 1 is 1.50 bits per heavy atom. The Kier molecular flexibility index (Phi) is 9.28. The van der Waals surface area contributed by atoms with E-state index >= 15 is 0 Å². The third-order valence-electron chi connectivity index (χ3n) is 1.92. The lowest BCUT2D eigenvalue weighted by molar-refractivity contribution is -0.143. The van der Waals surface area contributed by atoms with Gasteiger partial charge in [0.25, 0.3) is 0 Å². The van der Waals surface area contributed by atoms with E-state index in [0.29, 0.717) is 13.0 Å². The maximum atomic E-state index is 11.2. The van der Waals surface area contributed by atoms with Gasteiger partial charge < -0.3 is 4.74 Å². The molecule has 0 bridgehead atoms. The van der Waals surface area contributed by atoms with Crippen LogP contribution in [-0.2, 0) is 9.53 Å². The van der Waals surface area contributed by atoms with Crippen molar-refractivity contribution in [2.45, 2.75) is 27.2 Å². The van der Waals surface area contributed by atoms with Gasteiger partial charge in [0, 0.05) is 0 Å². The summed E-state index contributed by atoms with van der Waals surface area (Å²) in [6.07, 6.45) is 8.49. The van der Waals surface area contributed by atoms with Gasteiger partial charge in [-0.15, -0.1) is 0 Å². The van der Waals surface area contributed by atoms with Crippen molar-refractivity contribution in [2.75, 3.05) is 6.61 Å². The second-order valence-corrected chi connectivity index (χ2v) is 4.29. The molecule has 0 aromatic rings. The highest BCUT2D eigenvalue weighted by Crippen LogP contribution is 2.06. The lowest BCUT2D eigenvalue weighted by Gasteiger charge is -2.04. The van der Waals surface area contributed by atoms with Crippen molar-refractivity contribution in [3.8, 4) is 0 Å². The van der Waals surface area contributed by atoms with Gasteiger partial charge in [-0.2, -0.15) is 0 Å². The molecular weight excluding hydrogens is 315 g/mol. The zero-order valence-electron chi connectivity index (χ0n) is 10.1. The molecule has 0 aliphatic heterocycles. The van der Waals surface area contributed by atoms with Crippen LogP contribution in [0.2, 0.25) is 0 Å². The van der Waals surface area contributed by atoms with Crippen LogP contribution in [0.5, 0.6) is 0 Å². The summed E-state index contributed by atoms with van der Waals surface area (Å²) in [6, 6.07) is 0. The number of allylic oxidation sites excluding steroid dienone is 5. The molecular formula is C13H19IO2. The lowest BCUT2D eigenvalue weighted by Crippen LogP contribution is -2.07. The Balaban J connectivity index is 4.04. The fraction of sp³-hybridized carbons (Fsp3) is 0.462.